The average molecular weight is 201 g/mol. The maximum absolute atomic E-state index is 5.68. The van der Waals surface area contributed by atoms with Crippen LogP contribution in [0, 0.1) is 0 Å². The van der Waals surface area contributed by atoms with Crippen LogP contribution in [-0.2, 0) is 6.54 Å². The van der Waals surface area contributed by atoms with Crippen LogP contribution in [0.2, 0.25) is 0 Å². The minimum atomic E-state index is 0.536. The van der Waals surface area contributed by atoms with Crippen LogP contribution in [0.15, 0.2) is 36.9 Å². The Bertz CT molecular complexity index is 429. The minimum absolute atomic E-state index is 0.536. The molecule has 76 valence electrons. The minimum Gasteiger partial charge on any atom is -0.394 e. The summed E-state index contributed by atoms with van der Waals surface area (Å²) in [5.74, 6) is 0.635. The van der Waals surface area contributed by atoms with Gasteiger partial charge in [0.05, 0.1) is 24.1 Å². The number of aromatic nitrogens is 3. The Labute approximate surface area is 87.4 Å². The van der Waals surface area contributed by atoms with Gasteiger partial charge in [0, 0.05) is 6.20 Å². The lowest BCUT2D eigenvalue weighted by atomic mass is 10.3. The summed E-state index contributed by atoms with van der Waals surface area (Å²) in [5.41, 5.74) is 7.15. The molecule has 2 aromatic rings. The lowest BCUT2D eigenvalue weighted by molar-refractivity contribution is 1.02. The van der Waals surface area contributed by atoms with Crippen LogP contribution in [-0.4, -0.2) is 15.0 Å². The fourth-order valence-electron chi connectivity index (χ4n) is 1.17. The Kier molecular flexibility index (Phi) is 2.73. The van der Waals surface area contributed by atoms with E-state index in [2.05, 4.69) is 20.3 Å². The Morgan fingerprint density at radius 3 is 2.93 bits per heavy atom. The van der Waals surface area contributed by atoms with Gasteiger partial charge in [-0.1, -0.05) is 6.07 Å². The molecule has 5 heteroatoms. The van der Waals surface area contributed by atoms with E-state index in [4.69, 9.17) is 5.73 Å². The normalized spacial score (nSPS) is 9.87. The zero-order chi connectivity index (χ0) is 10.5. The molecular formula is C10H11N5. The second-order valence-electron chi connectivity index (χ2n) is 3.00. The molecule has 0 amide bonds. The number of nitrogens with one attached hydrogen (secondary N) is 1. The third-order valence-corrected chi connectivity index (χ3v) is 1.90. The molecule has 0 saturated carbocycles. The van der Waals surface area contributed by atoms with E-state index < -0.39 is 0 Å². The van der Waals surface area contributed by atoms with Crippen molar-refractivity contribution in [1.82, 2.24) is 15.0 Å². The molecule has 3 N–H and O–H groups in total. The Hall–Kier alpha value is -2.17. The van der Waals surface area contributed by atoms with Crippen LogP contribution in [0.25, 0.3) is 0 Å². The number of rotatable bonds is 3. The molecule has 0 aromatic carbocycles. The fourth-order valence-corrected chi connectivity index (χ4v) is 1.17. The van der Waals surface area contributed by atoms with Crippen molar-refractivity contribution in [2.75, 3.05) is 11.1 Å². The lowest BCUT2D eigenvalue weighted by Crippen LogP contribution is -2.05. The Balaban J connectivity index is 2.03. The van der Waals surface area contributed by atoms with Crippen molar-refractivity contribution in [1.29, 1.82) is 0 Å². The number of nitrogens with two attached hydrogens (primary N) is 1. The Morgan fingerprint density at radius 1 is 1.27 bits per heavy atom. The molecular weight excluding hydrogens is 190 g/mol. The first kappa shape index (κ1) is 9.39. The summed E-state index contributed by atoms with van der Waals surface area (Å²) < 4.78 is 0. The first-order valence-corrected chi connectivity index (χ1v) is 4.55. The van der Waals surface area contributed by atoms with Gasteiger partial charge >= 0.3 is 0 Å². The van der Waals surface area contributed by atoms with Crippen LogP contribution in [0.4, 0.5) is 11.5 Å². The van der Waals surface area contributed by atoms with Crippen molar-refractivity contribution in [3.05, 3.63) is 42.6 Å². The summed E-state index contributed by atoms with van der Waals surface area (Å²) in [6, 6.07) is 5.75. The van der Waals surface area contributed by atoms with Gasteiger partial charge in [0.25, 0.3) is 0 Å². The van der Waals surface area contributed by atoms with Crippen molar-refractivity contribution in [2.45, 2.75) is 6.54 Å². The first-order valence-electron chi connectivity index (χ1n) is 4.55. The third-order valence-electron chi connectivity index (χ3n) is 1.90. The standard InChI is InChI=1S/C10H11N5/c11-9-6-12-7-15-10(9)14-5-8-3-1-2-4-13-8/h1-4,6-7H,5,11H2,(H,12,14,15). The summed E-state index contributed by atoms with van der Waals surface area (Å²) in [7, 11) is 0. The lowest BCUT2D eigenvalue weighted by Gasteiger charge is -2.06. The molecule has 0 spiro atoms. The number of nitrogens with zero attached hydrogens (tertiary/aromatic N) is 3. The molecule has 0 aliphatic heterocycles. The zero-order valence-electron chi connectivity index (χ0n) is 8.09. The SMILES string of the molecule is Nc1cncnc1NCc1ccccn1. The van der Waals surface area contributed by atoms with Crippen molar-refractivity contribution >= 4 is 11.5 Å². The van der Waals surface area contributed by atoms with Crippen LogP contribution in [0.1, 0.15) is 5.69 Å². The maximum Gasteiger partial charge on any atom is 0.152 e. The highest BCUT2D eigenvalue weighted by molar-refractivity contribution is 5.58. The summed E-state index contributed by atoms with van der Waals surface area (Å²) in [6.45, 7) is 0.599. The quantitative estimate of drug-likeness (QED) is 0.776. The van der Waals surface area contributed by atoms with Gasteiger partial charge < -0.3 is 11.1 Å². The van der Waals surface area contributed by atoms with Gasteiger partial charge in [-0.05, 0) is 12.1 Å². The van der Waals surface area contributed by atoms with E-state index in [1.54, 1.807) is 12.4 Å². The van der Waals surface area contributed by atoms with Gasteiger partial charge in [-0.25, -0.2) is 9.97 Å². The van der Waals surface area contributed by atoms with E-state index in [0.717, 1.165) is 5.69 Å². The zero-order valence-corrected chi connectivity index (χ0v) is 8.09. The molecule has 2 heterocycles. The van der Waals surface area contributed by atoms with Gasteiger partial charge in [-0.15, -0.1) is 0 Å². The predicted octanol–water partition coefficient (Wildman–Crippen LogP) is 1.07. The monoisotopic (exact) mass is 201 g/mol. The van der Waals surface area contributed by atoms with Crippen molar-refractivity contribution in [3.63, 3.8) is 0 Å². The molecule has 0 saturated heterocycles. The molecule has 0 aliphatic carbocycles. The maximum atomic E-state index is 5.68. The van der Waals surface area contributed by atoms with E-state index in [1.807, 2.05) is 18.2 Å². The predicted molar refractivity (Wildman–Crippen MR) is 58.0 cm³/mol. The van der Waals surface area contributed by atoms with Crippen molar-refractivity contribution in [3.8, 4) is 0 Å². The number of pyridine rings is 1. The summed E-state index contributed by atoms with van der Waals surface area (Å²) in [4.78, 5) is 12.0. The van der Waals surface area contributed by atoms with E-state index in [-0.39, 0.29) is 0 Å². The molecule has 0 bridgehead atoms. The smallest absolute Gasteiger partial charge is 0.152 e. The second kappa shape index (κ2) is 4.36. The van der Waals surface area contributed by atoms with Gasteiger partial charge in [0.15, 0.2) is 5.82 Å². The molecule has 0 aliphatic rings. The Morgan fingerprint density at radius 2 is 2.20 bits per heavy atom. The number of anilines is 2. The molecule has 0 atom stereocenters. The molecule has 5 nitrogen and oxygen atoms in total. The molecule has 15 heavy (non-hydrogen) atoms. The molecule has 2 rings (SSSR count). The largest absolute Gasteiger partial charge is 0.394 e. The molecule has 0 radical (unpaired) electrons. The van der Waals surface area contributed by atoms with E-state index in [1.165, 1.54) is 6.33 Å². The first-order chi connectivity index (χ1) is 7.36. The van der Waals surface area contributed by atoms with Gasteiger partial charge in [0.2, 0.25) is 0 Å². The number of nitrogen functional groups attached to an aromatic ring is 1. The van der Waals surface area contributed by atoms with E-state index in [0.29, 0.717) is 18.1 Å². The fraction of sp³-hybridized carbons (Fsp3) is 0.100. The summed E-state index contributed by atoms with van der Waals surface area (Å²) in [5, 5.41) is 3.09. The van der Waals surface area contributed by atoms with Gasteiger partial charge in [-0.2, -0.15) is 0 Å². The van der Waals surface area contributed by atoms with Crippen LogP contribution < -0.4 is 11.1 Å². The third kappa shape index (κ3) is 2.40. The summed E-state index contributed by atoms with van der Waals surface area (Å²) >= 11 is 0. The van der Waals surface area contributed by atoms with Crippen LogP contribution in [0.5, 0.6) is 0 Å². The van der Waals surface area contributed by atoms with Gasteiger partial charge in [-0.3, -0.25) is 4.98 Å². The second-order valence-corrected chi connectivity index (χ2v) is 3.00. The van der Waals surface area contributed by atoms with E-state index >= 15 is 0 Å². The molecule has 0 fully saturated rings. The summed E-state index contributed by atoms with van der Waals surface area (Å²) in [6.07, 6.45) is 4.77. The highest BCUT2D eigenvalue weighted by atomic mass is 15.0. The van der Waals surface area contributed by atoms with Crippen molar-refractivity contribution < 1.29 is 0 Å². The highest BCUT2D eigenvalue weighted by Gasteiger charge is 1.99. The highest BCUT2D eigenvalue weighted by Crippen LogP contribution is 2.11. The number of hydrogen-bond acceptors (Lipinski definition) is 5. The molecule has 0 unspecified atom stereocenters. The van der Waals surface area contributed by atoms with Gasteiger partial charge in [0.1, 0.15) is 6.33 Å². The average Bonchev–Trinajstić information content (AvgIpc) is 2.29. The van der Waals surface area contributed by atoms with Crippen molar-refractivity contribution in [2.24, 2.45) is 0 Å². The van der Waals surface area contributed by atoms with Crippen LogP contribution >= 0.6 is 0 Å². The van der Waals surface area contributed by atoms with Crippen LogP contribution in [0.3, 0.4) is 0 Å². The topological polar surface area (TPSA) is 76.7 Å². The van der Waals surface area contributed by atoms with E-state index in [9.17, 15) is 0 Å². The number of hydrogen-bond donors (Lipinski definition) is 2. The molecule has 2 aromatic heterocycles.